The first-order chi connectivity index (χ1) is 9.72. The van der Waals surface area contributed by atoms with Crippen LogP contribution in [0.15, 0.2) is 24.3 Å². The number of carbonyl (C=O) groups is 1. The predicted octanol–water partition coefficient (Wildman–Crippen LogP) is 2.53. The molecule has 20 heavy (non-hydrogen) atoms. The van der Waals surface area contributed by atoms with E-state index in [-0.39, 0.29) is 0 Å². The Bertz CT molecular complexity index is 438. The topological polar surface area (TPSA) is 32.3 Å². The molecule has 1 fully saturated rings. The predicted molar refractivity (Wildman–Crippen MR) is 82.8 cm³/mol. The van der Waals surface area contributed by atoms with Crippen LogP contribution >= 0.6 is 0 Å². The molecule has 3 heteroatoms. The van der Waals surface area contributed by atoms with Crippen LogP contribution in [-0.4, -0.2) is 36.5 Å². The smallest absolute Gasteiger partial charge is 0.223 e. The third kappa shape index (κ3) is 3.83. The number of hydrogen-bond acceptors (Lipinski definition) is 2. The monoisotopic (exact) mass is 274 g/mol. The van der Waals surface area contributed by atoms with Gasteiger partial charge in [0.25, 0.3) is 0 Å². The molecule has 0 bridgehead atoms. The number of nitrogens with one attached hydrogen (secondary N) is 1. The first-order valence-electron chi connectivity index (χ1n) is 7.77. The van der Waals surface area contributed by atoms with Gasteiger partial charge in [-0.2, -0.15) is 0 Å². The summed E-state index contributed by atoms with van der Waals surface area (Å²) in [6, 6.07) is 8.78. The Morgan fingerprint density at radius 3 is 2.65 bits per heavy atom. The van der Waals surface area contributed by atoms with Gasteiger partial charge in [-0.3, -0.25) is 4.79 Å². The van der Waals surface area contributed by atoms with E-state index < -0.39 is 0 Å². The zero-order valence-corrected chi connectivity index (χ0v) is 12.7. The fourth-order valence-electron chi connectivity index (χ4n) is 3.03. The van der Waals surface area contributed by atoms with Gasteiger partial charge >= 0.3 is 0 Å². The van der Waals surface area contributed by atoms with E-state index in [0.717, 1.165) is 38.9 Å². The molecule has 1 heterocycles. The maximum absolute atomic E-state index is 12.5. The summed E-state index contributed by atoms with van der Waals surface area (Å²) >= 11 is 0. The molecule has 0 aliphatic carbocycles. The van der Waals surface area contributed by atoms with E-state index in [1.165, 1.54) is 11.1 Å². The van der Waals surface area contributed by atoms with E-state index in [1.807, 2.05) is 6.07 Å². The molecule has 0 aromatic heterocycles. The van der Waals surface area contributed by atoms with Crippen LogP contribution in [0.4, 0.5) is 0 Å². The van der Waals surface area contributed by atoms with Crippen LogP contribution in [0.3, 0.4) is 0 Å². The number of benzene rings is 1. The summed E-state index contributed by atoms with van der Waals surface area (Å²) in [7, 11) is 0. The van der Waals surface area contributed by atoms with Crippen molar-refractivity contribution in [1.82, 2.24) is 10.2 Å². The van der Waals surface area contributed by atoms with E-state index in [0.29, 0.717) is 18.4 Å². The number of hydrogen-bond donors (Lipinski definition) is 1. The second-order valence-corrected chi connectivity index (χ2v) is 5.59. The highest BCUT2D eigenvalue weighted by atomic mass is 16.2. The number of nitrogens with zero attached hydrogens (tertiary/aromatic N) is 1. The lowest BCUT2D eigenvalue weighted by molar-refractivity contribution is -0.133. The van der Waals surface area contributed by atoms with Crippen LogP contribution < -0.4 is 5.32 Å². The van der Waals surface area contributed by atoms with E-state index in [9.17, 15) is 4.79 Å². The Kier molecular flexibility index (Phi) is 5.60. The molecule has 0 unspecified atom stereocenters. The zero-order chi connectivity index (χ0) is 14.4. The number of amides is 1. The van der Waals surface area contributed by atoms with Gasteiger partial charge in [-0.15, -0.1) is 0 Å². The largest absolute Gasteiger partial charge is 0.340 e. The van der Waals surface area contributed by atoms with Crippen molar-refractivity contribution in [3.05, 3.63) is 35.4 Å². The first-order valence-corrected chi connectivity index (χ1v) is 7.77. The van der Waals surface area contributed by atoms with Crippen molar-refractivity contribution in [2.75, 3.05) is 19.6 Å². The van der Waals surface area contributed by atoms with Crippen LogP contribution in [0, 0.1) is 6.92 Å². The molecule has 0 saturated carbocycles. The summed E-state index contributed by atoms with van der Waals surface area (Å²) in [6.07, 6.45) is 3.66. The Morgan fingerprint density at radius 1 is 1.30 bits per heavy atom. The van der Waals surface area contributed by atoms with E-state index in [1.54, 1.807) is 0 Å². The average molecular weight is 274 g/mol. The third-order valence-electron chi connectivity index (χ3n) is 4.28. The van der Waals surface area contributed by atoms with Crippen molar-refractivity contribution >= 4 is 5.91 Å². The van der Waals surface area contributed by atoms with Gasteiger partial charge in [-0.1, -0.05) is 24.3 Å². The minimum atomic E-state index is 0.308. The fraction of sp³-hybridized carbons (Fsp3) is 0.588. The quantitative estimate of drug-likeness (QED) is 0.895. The number of piperidine rings is 1. The van der Waals surface area contributed by atoms with Gasteiger partial charge in [-0.05, 0) is 57.3 Å². The summed E-state index contributed by atoms with van der Waals surface area (Å²) in [6.45, 7) is 7.10. The van der Waals surface area contributed by atoms with Crippen molar-refractivity contribution in [2.24, 2.45) is 0 Å². The van der Waals surface area contributed by atoms with Crippen LogP contribution in [0.1, 0.15) is 37.3 Å². The van der Waals surface area contributed by atoms with Gasteiger partial charge < -0.3 is 10.2 Å². The second kappa shape index (κ2) is 7.44. The van der Waals surface area contributed by atoms with Gasteiger partial charge in [0.15, 0.2) is 0 Å². The number of carbonyl (C=O) groups excluding carboxylic acids is 1. The molecule has 1 amide bonds. The van der Waals surface area contributed by atoms with Gasteiger partial charge in [0.2, 0.25) is 5.91 Å². The maximum Gasteiger partial charge on any atom is 0.223 e. The van der Waals surface area contributed by atoms with Gasteiger partial charge in [0.05, 0.1) is 0 Å². The van der Waals surface area contributed by atoms with Crippen LogP contribution in [0.5, 0.6) is 0 Å². The first kappa shape index (κ1) is 15.0. The van der Waals surface area contributed by atoms with E-state index in [4.69, 9.17) is 0 Å². The standard InChI is InChI=1S/C17H26N2O/c1-3-19(16-10-12-18-13-11-16)17(20)9-8-15-7-5-4-6-14(15)2/h4-7,16,18H,3,8-13H2,1-2H3. The lowest BCUT2D eigenvalue weighted by Crippen LogP contribution is -2.46. The third-order valence-corrected chi connectivity index (χ3v) is 4.28. The SMILES string of the molecule is CCN(C(=O)CCc1ccccc1C)C1CCNCC1. The van der Waals surface area contributed by atoms with Crippen LogP contribution in [0.2, 0.25) is 0 Å². The molecule has 2 rings (SSSR count). The Balaban J connectivity index is 1.90. The lowest BCUT2D eigenvalue weighted by atomic mass is 10.0. The molecular weight excluding hydrogens is 248 g/mol. The second-order valence-electron chi connectivity index (χ2n) is 5.59. The Morgan fingerprint density at radius 2 is 2.00 bits per heavy atom. The van der Waals surface area contributed by atoms with Crippen molar-refractivity contribution in [3.8, 4) is 0 Å². The highest BCUT2D eigenvalue weighted by Gasteiger charge is 2.23. The van der Waals surface area contributed by atoms with Gasteiger partial charge in [-0.25, -0.2) is 0 Å². The highest BCUT2D eigenvalue weighted by Crippen LogP contribution is 2.15. The Hall–Kier alpha value is -1.35. The number of aryl methyl sites for hydroxylation is 2. The summed E-state index contributed by atoms with van der Waals surface area (Å²) in [4.78, 5) is 14.5. The normalized spacial score (nSPS) is 16.1. The zero-order valence-electron chi connectivity index (χ0n) is 12.7. The molecule has 110 valence electrons. The average Bonchev–Trinajstić information content (AvgIpc) is 2.48. The lowest BCUT2D eigenvalue weighted by Gasteiger charge is -2.34. The summed E-state index contributed by atoms with van der Waals surface area (Å²) in [5.74, 6) is 0.308. The van der Waals surface area contributed by atoms with Crippen molar-refractivity contribution in [2.45, 2.75) is 45.6 Å². The molecule has 1 N–H and O–H groups in total. The van der Waals surface area contributed by atoms with E-state index in [2.05, 4.69) is 42.3 Å². The summed E-state index contributed by atoms with van der Waals surface area (Å²) < 4.78 is 0. The fourth-order valence-corrected chi connectivity index (χ4v) is 3.03. The molecule has 1 aliphatic heterocycles. The molecular formula is C17H26N2O. The molecule has 1 saturated heterocycles. The van der Waals surface area contributed by atoms with Crippen LogP contribution in [0.25, 0.3) is 0 Å². The molecule has 1 aromatic rings. The van der Waals surface area contributed by atoms with Crippen molar-refractivity contribution in [1.29, 1.82) is 0 Å². The van der Waals surface area contributed by atoms with E-state index >= 15 is 0 Å². The molecule has 1 aromatic carbocycles. The minimum absolute atomic E-state index is 0.308. The number of rotatable bonds is 5. The van der Waals surface area contributed by atoms with Crippen molar-refractivity contribution in [3.63, 3.8) is 0 Å². The van der Waals surface area contributed by atoms with Crippen LogP contribution in [-0.2, 0) is 11.2 Å². The summed E-state index contributed by atoms with van der Waals surface area (Å²) in [5, 5.41) is 3.36. The molecule has 0 radical (unpaired) electrons. The molecule has 1 aliphatic rings. The van der Waals surface area contributed by atoms with Gasteiger partial charge in [0.1, 0.15) is 0 Å². The maximum atomic E-state index is 12.5. The molecule has 3 nitrogen and oxygen atoms in total. The molecule has 0 atom stereocenters. The summed E-state index contributed by atoms with van der Waals surface area (Å²) in [5.41, 5.74) is 2.58. The highest BCUT2D eigenvalue weighted by molar-refractivity contribution is 5.76. The Labute approximate surface area is 122 Å². The van der Waals surface area contributed by atoms with Crippen molar-refractivity contribution < 1.29 is 4.79 Å². The molecule has 0 spiro atoms. The van der Waals surface area contributed by atoms with Gasteiger partial charge in [0, 0.05) is 19.0 Å². The minimum Gasteiger partial charge on any atom is -0.340 e.